The summed E-state index contributed by atoms with van der Waals surface area (Å²) in [4.78, 5) is 0. The van der Waals surface area contributed by atoms with E-state index in [0.717, 1.165) is 0 Å². The van der Waals surface area contributed by atoms with Gasteiger partial charge in [-0.15, -0.1) is 6.58 Å². The van der Waals surface area contributed by atoms with Crippen molar-refractivity contribution in [2.75, 3.05) is 0 Å². The second-order valence-corrected chi connectivity index (χ2v) is 8.31. The van der Waals surface area contributed by atoms with Gasteiger partial charge in [-0.05, 0) is 31.2 Å². The van der Waals surface area contributed by atoms with E-state index in [0.29, 0.717) is 0 Å². The van der Waals surface area contributed by atoms with Crippen LogP contribution in [-0.2, 0) is 0 Å². The molecular weight excluding hydrogens is 198 g/mol. The molecule has 15 heavy (non-hydrogen) atoms. The quantitative estimate of drug-likeness (QED) is 0.629. The van der Waals surface area contributed by atoms with Gasteiger partial charge in [0.2, 0.25) is 0 Å². The molecule has 0 aromatic carbocycles. The lowest BCUT2D eigenvalue weighted by Gasteiger charge is -2.49. The Kier molecular flexibility index (Phi) is 4.25. The summed E-state index contributed by atoms with van der Waals surface area (Å²) in [5.41, 5.74) is 2.44. The summed E-state index contributed by atoms with van der Waals surface area (Å²) in [5, 5.41) is 0. The highest BCUT2D eigenvalue weighted by Crippen LogP contribution is 2.47. The van der Waals surface area contributed by atoms with Crippen LogP contribution in [0.1, 0.15) is 48.5 Å². The maximum absolute atomic E-state index is 4.95. The standard InChI is InChI=1S/C13H27NSi/c1-10-15(9)14-13(7,8)12(5,6)11(2,3)4/h10H,1H2,2-9H3. The van der Waals surface area contributed by atoms with Crippen LogP contribution in [0.15, 0.2) is 16.9 Å². The van der Waals surface area contributed by atoms with Crippen molar-refractivity contribution in [3.63, 3.8) is 0 Å². The molecule has 0 aromatic rings. The van der Waals surface area contributed by atoms with Crippen molar-refractivity contribution in [1.82, 2.24) is 0 Å². The van der Waals surface area contributed by atoms with Crippen molar-refractivity contribution in [2.45, 2.75) is 60.6 Å². The number of hydrogen-bond acceptors (Lipinski definition) is 1. The molecule has 0 aromatic heterocycles. The summed E-state index contributed by atoms with van der Waals surface area (Å²) in [6, 6.07) is 0. The van der Waals surface area contributed by atoms with Crippen LogP contribution in [0.25, 0.3) is 0 Å². The minimum absolute atomic E-state index is 0.00247. The molecule has 0 aliphatic carbocycles. The second-order valence-electron chi connectivity index (χ2n) is 6.39. The highest BCUT2D eigenvalue weighted by atomic mass is 28.2. The van der Waals surface area contributed by atoms with Gasteiger partial charge in [-0.3, -0.25) is 0 Å². The van der Waals surface area contributed by atoms with Crippen LogP contribution in [0.2, 0.25) is 6.55 Å². The van der Waals surface area contributed by atoms with E-state index in [1.54, 1.807) is 0 Å². The average Bonchev–Trinajstić information content (AvgIpc) is 2.00. The maximum Gasteiger partial charge on any atom is 0.145 e. The Balaban J connectivity index is 5.28. The molecule has 0 unspecified atom stereocenters. The lowest BCUT2D eigenvalue weighted by atomic mass is 9.60. The van der Waals surface area contributed by atoms with E-state index >= 15 is 0 Å². The number of nitrogens with zero attached hydrogens (tertiary/aromatic N) is 1. The average molecular weight is 225 g/mol. The third-order valence-corrected chi connectivity index (χ3v) is 5.66. The molecule has 0 atom stereocenters. The van der Waals surface area contributed by atoms with Gasteiger partial charge in [-0.2, -0.15) is 0 Å². The van der Waals surface area contributed by atoms with Gasteiger partial charge in [-0.1, -0.05) is 40.3 Å². The fourth-order valence-corrected chi connectivity index (χ4v) is 2.80. The van der Waals surface area contributed by atoms with Crippen molar-refractivity contribution >= 4 is 8.59 Å². The predicted octanol–water partition coefficient (Wildman–Crippen LogP) is 4.45. The zero-order chi connectivity index (χ0) is 12.5. The molecule has 0 fully saturated rings. The summed E-state index contributed by atoms with van der Waals surface area (Å²) < 4.78 is 4.95. The molecule has 2 heteroatoms. The third kappa shape index (κ3) is 3.10. The van der Waals surface area contributed by atoms with Gasteiger partial charge in [0.1, 0.15) is 8.59 Å². The smallest absolute Gasteiger partial charge is 0.145 e. The van der Waals surface area contributed by atoms with Crippen LogP contribution in [0.3, 0.4) is 0 Å². The van der Waals surface area contributed by atoms with E-state index in [2.05, 4.69) is 61.6 Å². The van der Waals surface area contributed by atoms with Gasteiger partial charge in [0.15, 0.2) is 0 Å². The summed E-state index contributed by atoms with van der Waals surface area (Å²) in [6.45, 7) is 22.0. The predicted molar refractivity (Wildman–Crippen MR) is 71.6 cm³/mol. The first kappa shape index (κ1) is 14.8. The normalized spacial score (nSPS) is 15.3. The van der Waals surface area contributed by atoms with Crippen molar-refractivity contribution in [3.05, 3.63) is 12.3 Å². The van der Waals surface area contributed by atoms with Crippen LogP contribution in [-0.4, -0.2) is 14.1 Å². The Morgan fingerprint density at radius 1 is 1.00 bits per heavy atom. The van der Waals surface area contributed by atoms with Gasteiger partial charge in [0.25, 0.3) is 0 Å². The molecule has 0 bridgehead atoms. The molecule has 1 nitrogen and oxygen atoms in total. The Morgan fingerprint density at radius 3 is 1.67 bits per heavy atom. The topological polar surface area (TPSA) is 12.4 Å². The second kappa shape index (κ2) is 4.32. The van der Waals surface area contributed by atoms with Crippen LogP contribution < -0.4 is 0 Å². The lowest BCUT2D eigenvalue weighted by molar-refractivity contribution is 0.0530. The number of hydrogen-bond donors (Lipinski definition) is 0. The maximum atomic E-state index is 4.95. The molecule has 0 radical (unpaired) electrons. The molecule has 0 heterocycles. The van der Waals surface area contributed by atoms with Gasteiger partial charge < -0.3 is 4.63 Å². The zero-order valence-electron chi connectivity index (χ0n) is 11.7. The molecule has 0 spiro atoms. The SMILES string of the molecule is C=C[Si](C)=NC(C)(C)C(C)(C)C(C)(C)C. The van der Waals surface area contributed by atoms with E-state index in [-0.39, 0.29) is 16.4 Å². The van der Waals surface area contributed by atoms with Crippen LogP contribution in [0.4, 0.5) is 0 Å². The van der Waals surface area contributed by atoms with E-state index in [4.69, 9.17) is 4.63 Å². The van der Waals surface area contributed by atoms with Crippen molar-refractivity contribution in [3.8, 4) is 0 Å². The van der Waals surface area contributed by atoms with E-state index in [1.165, 1.54) is 0 Å². The molecule has 0 amide bonds. The summed E-state index contributed by atoms with van der Waals surface area (Å²) in [5.74, 6) is 0. The molecule has 0 aliphatic rings. The fourth-order valence-electron chi connectivity index (χ4n) is 1.54. The van der Waals surface area contributed by atoms with Gasteiger partial charge in [0, 0.05) is 0 Å². The van der Waals surface area contributed by atoms with Gasteiger partial charge in [-0.25, -0.2) is 0 Å². The van der Waals surface area contributed by atoms with Crippen LogP contribution >= 0.6 is 0 Å². The summed E-state index contributed by atoms with van der Waals surface area (Å²) in [7, 11) is -0.739. The number of rotatable bonds is 3. The van der Waals surface area contributed by atoms with E-state index < -0.39 is 8.59 Å². The van der Waals surface area contributed by atoms with Crippen LogP contribution in [0.5, 0.6) is 0 Å². The highest BCUT2D eigenvalue weighted by Gasteiger charge is 2.45. The Labute approximate surface area is 97.3 Å². The molecule has 0 N–H and O–H groups in total. The zero-order valence-corrected chi connectivity index (χ0v) is 12.7. The Morgan fingerprint density at radius 2 is 1.40 bits per heavy atom. The minimum atomic E-state index is -0.739. The highest BCUT2D eigenvalue weighted by molar-refractivity contribution is 6.51. The first-order valence-corrected chi connectivity index (χ1v) is 7.67. The molecule has 0 rings (SSSR count). The first-order valence-electron chi connectivity index (χ1n) is 5.64. The Hall–Kier alpha value is -0.243. The van der Waals surface area contributed by atoms with Crippen molar-refractivity contribution in [1.29, 1.82) is 0 Å². The van der Waals surface area contributed by atoms with E-state index in [9.17, 15) is 0 Å². The largest absolute Gasteiger partial charge is 0.326 e. The van der Waals surface area contributed by atoms with Crippen LogP contribution in [0, 0.1) is 10.8 Å². The van der Waals surface area contributed by atoms with Gasteiger partial charge >= 0.3 is 0 Å². The summed E-state index contributed by atoms with van der Waals surface area (Å²) >= 11 is 0. The monoisotopic (exact) mass is 225 g/mol. The fraction of sp³-hybridized carbons (Fsp3) is 0.846. The molecule has 88 valence electrons. The Bertz CT molecular complexity index is 267. The van der Waals surface area contributed by atoms with Gasteiger partial charge in [0.05, 0.1) is 5.54 Å². The minimum Gasteiger partial charge on any atom is -0.326 e. The molecule has 0 saturated heterocycles. The van der Waals surface area contributed by atoms with E-state index in [1.807, 2.05) is 5.70 Å². The molecule has 0 aliphatic heterocycles. The first-order chi connectivity index (χ1) is 6.45. The van der Waals surface area contributed by atoms with Crippen molar-refractivity contribution < 1.29 is 0 Å². The molecular formula is C13H27NSi. The summed E-state index contributed by atoms with van der Waals surface area (Å²) in [6.07, 6.45) is 0. The molecule has 0 saturated carbocycles. The third-order valence-electron chi connectivity index (χ3n) is 4.16. The van der Waals surface area contributed by atoms with Crippen molar-refractivity contribution in [2.24, 2.45) is 15.5 Å². The lowest BCUT2D eigenvalue weighted by Crippen LogP contribution is -2.47.